The lowest BCUT2D eigenvalue weighted by Crippen LogP contribution is -2.31. The van der Waals surface area contributed by atoms with Gasteiger partial charge >= 0.3 is 12.1 Å². The Hall–Kier alpha value is -2.54. The van der Waals surface area contributed by atoms with Crippen molar-refractivity contribution < 1.29 is 27.5 Å². The second-order valence-corrected chi connectivity index (χ2v) is 6.84. The number of hydrogen-bond donors (Lipinski definition) is 1. The van der Waals surface area contributed by atoms with E-state index in [0.717, 1.165) is 22.8 Å². The topological polar surface area (TPSA) is 55.4 Å². The van der Waals surface area contributed by atoms with Crippen molar-refractivity contribution in [2.45, 2.75) is 39.5 Å². The summed E-state index contributed by atoms with van der Waals surface area (Å²) in [7, 11) is 0. The van der Waals surface area contributed by atoms with Crippen molar-refractivity contribution in [1.82, 2.24) is 0 Å². The van der Waals surface area contributed by atoms with Gasteiger partial charge in [0.1, 0.15) is 0 Å². The van der Waals surface area contributed by atoms with E-state index in [1.165, 1.54) is 13.0 Å². The Kier molecular flexibility index (Phi) is 6.72. The quantitative estimate of drug-likeness (QED) is 0.695. The molecule has 1 N–H and O–H groups in total. The summed E-state index contributed by atoms with van der Waals surface area (Å²) in [4.78, 5) is 24.2. The molecule has 0 aliphatic rings. The summed E-state index contributed by atoms with van der Waals surface area (Å²) in [5, 5.41) is 2.02. The monoisotopic (exact) mass is 413 g/mol. The largest absolute Gasteiger partial charge is 0.452 e. The van der Waals surface area contributed by atoms with Crippen LogP contribution >= 0.6 is 11.6 Å². The minimum atomic E-state index is -4.70. The van der Waals surface area contributed by atoms with Gasteiger partial charge in [-0.2, -0.15) is 13.2 Å². The zero-order chi connectivity index (χ0) is 21.1. The van der Waals surface area contributed by atoms with Gasteiger partial charge in [0.05, 0.1) is 17.7 Å². The zero-order valence-corrected chi connectivity index (χ0v) is 16.2. The first-order valence-corrected chi connectivity index (χ1v) is 8.78. The highest BCUT2D eigenvalue weighted by molar-refractivity contribution is 6.30. The van der Waals surface area contributed by atoms with Crippen LogP contribution in [0.1, 0.15) is 29.2 Å². The van der Waals surface area contributed by atoms with Gasteiger partial charge in [0, 0.05) is 5.02 Å². The van der Waals surface area contributed by atoms with Gasteiger partial charge in [-0.25, -0.2) is 0 Å². The summed E-state index contributed by atoms with van der Waals surface area (Å²) in [6.07, 6.45) is -6.01. The average molecular weight is 414 g/mol. The number of esters is 1. The third-order valence-electron chi connectivity index (χ3n) is 4.14. The molecular formula is C20H19ClF3NO3. The number of amides is 1. The van der Waals surface area contributed by atoms with E-state index >= 15 is 0 Å². The Morgan fingerprint density at radius 2 is 1.79 bits per heavy atom. The molecule has 1 amide bonds. The van der Waals surface area contributed by atoms with Crippen molar-refractivity contribution in [2.75, 3.05) is 5.32 Å². The molecule has 0 saturated heterocycles. The van der Waals surface area contributed by atoms with E-state index in [1.807, 2.05) is 26.0 Å². The van der Waals surface area contributed by atoms with Gasteiger partial charge < -0.3 is 10.1 Å². The smallest absolute Gasteiger partial charge is 0.418 e. The number of halogens is 4. The molecule has 0 spiro atoms. The fourth-order valence-electron chi connectivity index (χ4n) is 2.47. The van der Waals surface area contributed by atoms with E-state index < -0.39 is 35.4 Å². The molecule has 1 atom stereocenters. The maximum absolute atomic E-state index is 13.1. The molecule has 28 heavy (non-hydrogen) atoms. The standard InChI is InChI=1S/C20H19ClF3NO3/c1-11-4-5-14(8-12(11)2)9-18(26)28-13(3)19(27)25-17-7-6-15(21)10-16(17)20(22,23)24/h4-8,10,13H,9H2,1-3H3,(H,25,27)/t13-/m0/s1. The van der Waals surface area contributed by atoms with E-state index in [1.54, 1.807) is 6.07 Å². The first kappa shape index (κ1) is 21.8. The molecule has 2 rings (SSSR count). The lowest BCUT2D eigenvalue weighted by Gasteiger charge is -2.17. The van der Waals surface area contributed by atoms with Crippen molar-refractivity contribution in [2.24, 2.45) is 0 Å². The van der Waals surface area contributed by atoms with Gasteiger partial charge in [-0.3, -0.25) is 9.59 Å². The van der Waals surface area contributed by atoms with E-state index in [0.29, 0.717) is 6.07 Å². The molecule has 0 heterocycles. The lowest BCUT2D eigenvalue weighted by atomic mass is 10.0. The molecule has 0 aliphatic heterocycles. The van der Waals surface area contributed by atoms with Crippen LogP contribution in [0.25, 0.3) is 0 Å². The molecule has 0 fully saturated rings. The summed E-state index contributed by atoms with van der Waals surface area (Å²) in [6.45, 7) is 5.14. The Balaban J connectivity index is 2.03. The Morgan fingerprint density at radius 3 is 2.39 bits per heavy atom. The van der Waals surface area contributed by atoms with Crippen molar-refractivity contribution >= 4 is 29.2 Å². The highest BCUT2D eigenvalue weighted by atomic mass is 35.5. The van der Waals surface area contributed by atoms with Crippen LogP contribution < -0.4 is 5.32 Å². The van der Waals surface area contributed by atoms with Gasteiger partial charge in [0.25, 0.3) is 5.91 Å². The Labute approximate surface area is 165 Å². The van der Waals surface area contributed by atoms with Crippen LogP contribution in [0.3, 0.4) is 0 Å². The SMILES string of the molecule is Cc1ccc(CC(=O)O[C@@H](C)C(=O)Nc2ccc(Cl)cc2C(F)(F)F)cc1C. The molecule has 2 aromatic carbocycles. The van der Waals surface area contributed by atoms with Crippen LogP contribution in [0.15, 0.2) is 36.4 Å². The molecule has 2 aromatic rings. The number of anilines is 1. The van der Waals surface area contributed by atoms with Crippen LogP contribution in [0.4, 0.5) is 18.9 Å². The number of alkyl halides is 3. The van der Waals surface area contributed by atoms with Crippen molar-refractivity contribution in [3.05, 3.63) is 63.7 Å². The molecule has 0 saturated carbocycles. The van der Waals surface area contributed by atoms with Crippen LogP contribution in [0.5, 0.6) is 0 Å². The van der Waals surface area contributed by atoms with E-state index in [9.17, 15) is 22.8 Å². The normalized spacial score (nSPS) is 12.4. The lowest BCUT2D eigenvalue weighted by molar-refractivity contribution is -0.152. The second-order valence-electron chi connectivity index (χ2n) is 6.40. The van der Waals surface area contributed by atoms with Gasteiger partial charge in [-0.05, 0) is 55.7 Å². The molecule has 0 radical (unpaired) electrons. The highest BCUT2D eigenvalue weighted by Crippen LogP contribution is 2.36. The molecule has 150 valence electrons. The number of nitrogens with one attached hydrogen (secondary N) is 1. The molecular weight excluding hydrogens is 395 g/mol. The fourth-order valence-corrected chi connectivity index (χ4v) is 2.64. The molecule has 0 aliphatic carbocycles. The molecule has 0 aromatic heterocycles. The maximum atomic E-state index is 13.1. The van der Waals surface area contributed by atoms with Crippen molar-refractivity contribution in [3.63, 3.8) is 0 Å². The predicted molar refractivity (Wildman–Crippen MR) is 100 cm³/mol. The van der Waals surface area contributed by atoms with Crippen LogP contribution in [0.2, 0.25) is 5.02 Å². The summed E-state index contributed by atoms with van der Waals surface area (Å²) in [5.74, 6) is -1.53. The van der Waals surface area contributed by atoms with Gasteiger partial charge in [-0.15, -0.1) is 0 Å². The van der Waals surface area contributed by atoms with Gasteiger partial charge in [-0.1, -0.05) is 29.8 Å². The summed E-state index contributed by atoms with van der Waals surface area (Å²) < 4.78 is 44.3. The number of aryl methyl sites for hydroxylation is 2. The predicted octanol–water partition coefficient (Wildman–Crippen LogP) is 5.09. The fraction of sp³-hybridized carbons (Fsp3) is 0.300. The molecule has 0 unspecified atom stereocenters. The van der Waals surface area contributed by atoms with E-state index in [2.05, 4.69) is 5.32 Å². The van der Waals surface area contributed by atoms with E-state index in [4.69, 9.17) is 16.3 Å². The molecule has 8 heteroatoms. The molecule has 4 nitrogen and oxygen atoms in total. The van der Waals surface area contributed by atoms with Crippen LogP contribution in [0, 0.1) is 13.8 Å². The first-order chi connectivity index (χ1) is 13.0. The Morgan fingerprint density at radius 1 is 1.11 bits per heavy atom. The number of ether oxygens (including phenoxy) is 1. The number of benzene rings is 2. The highest BCUT2D eigenvalue weighted by Gasteiger charge is 2.34. The first-order valence-electron chi connectivity index (χ1n) is 8.40. The second kappa shape index (κ2) is 8.65. The number of carbonyl (C=O) groups excluding carboxylic acids is 2. The number of hydrogen-bond acceptors (Lipinski definition) is 3. The summed E-state index contributed by atoms with van der Waals surface area (Å²) >= 11 is 5.61. The molecule has 0 bridgehead atoms. The summed E-state index contributed by atoms with van der Waals surface area (Å²) in [5.41, 5.74) is 1.27. The average Bonchev–Trinajstić information content (AvgIpc) is 2.58. The van der Waals surface area contributed by atoms with E-state index in [-0.39, 0.29) is 11.4 Å². The van der Waals surface area contributed by atoms with Crippen molar-refractivity contribution in [3.8, 4) is 0 Å². The third kappa shape index (κ3) is 5.73. The van der Waals surface area contributed by atoms with Crippen LogP contribution in [-0.2, 0) is 26.9 Å². The Bertz CT molecular complexity index is 897. The van der Waals surface area contributed by atoms with Crippen LogP contribution in [-0.4, -0.2) is 18.0 Å². The minimum Gasteiger partial charge on any atom is -0.452 e. The van der Waals surface area contributed by atoms with Crippen molar-refractivity contribution in [1.29, 1.82) is 0 Å². The minimum absolute atomic E-state index is 0.0481. The number of rotatable bonds is 5. The number of carbonyl (C=O) groups is 2. The maximum Gasteiger partial charge on any atom is 0.418 e. The zero-order valence-electron chi connectivity index (χ0n) is 15.5. The third-order valence-corrected chi connectivity index (χ3v) is 4.38. The van der Waals surface area contributed by atoms with Gasteiger partial charge in [0.2, 0.25) is 0 Å². The summed E-state index contributed by atoms with van der Waals surface area (Å²) in [6, 6.07) is 8.47. The van der Waals surface area contributed by atoms with Gasteiger partial charge in [0.15, 0.2) is 6.10 Å².